The average Bonchev–Trinajstić information content (AvgIpc) is 3.15. The van der Waals surface area contributed by atoms with Gasteiger partial charge in [0.1, 0.15) is 12.0 Å². The number of benzene rings is 1. The van der Waals surface area contributed by atoms with Gasteiger partial charge in [-0.3, -0.25) is 9.48 Å². The fraction of sp³-hybridized carbons (Fsp3) is 0.357. The smallest absolute Gasteiger partial charge is 0.270 e. The van der Waals surface area contributed by atoms with E-state index in [0.29, 0.717) is 0 Å². The van der Waals surface area contributed by atoms with Gasteiger partial charge in [0.15, 0.2) is 5.69 Å². The molecule has 3 rings (SSSR count). The molecule has 0 radical (unpaired) electrons. The molecule has 11 heteroatoms. The van der Waals surface area contributed by atoms with Crippen LogP contribution in [0.25, 0.3) is 0 Å². The molecule has 0 unspecified atom stereocenters. The normalized spacial score (nSPS) is 21.5. The Kier molecular flexibility index (Phi) is 4.52. The van der Waals surface area contributed by atoms with Crippen LogP contribution in [0.15, 0.2) is 35.4 Å². The average molecular weight is 371 g/mol. The van der Waals surface area contributed by atoms with Crippen LogP contribution >= 0.6 is 0 Å². The summed E-state index contributed by atoms with van der Waals surface area (Å²) in [4.78, 5) is 10.9. The Balaban J connectivity index is 1.85. The highest BCUT2D eigenvalue weighted by Crippen LogP contribution is 2.28. The van der Waals surface area contributed by atoms with Crippen LogP contribution in [0.3, 0.4) is 0 Å². The van der Waals surface area contributed by atoms with E-state index in [1.807, 2.05) is 0 Å². The number of nitrogens with zero attached hydrogens (tertiary/aromatic N) is 4. The molecule has 0 spiro atoms. The lowest BCUT2D eigenvalue weighted by Crippen LogP contribution is -2.38. The van der Waals surface area contributed by atoms with Crippen molar-refractivity contribution in [1.82, 2.24) is 19.3 Å². The number of primary amides is 1. The Morgan fingerprint density at radius 1 is 1.32 bits per heavy atom. The molecule has 2 atom stereocenters. The van der Waals surface area contributed by atoms with Crippen molar-refractivity contribution >= 4 is 15.9 Å². The summed E-state index contributed by atoms with van der Waals surface area (Å²) in [6.45, 7) is -0.289. The lowest BCUT2D eigenvalue weighted by atomic mass is 10.2. The number of rotatable bonds is 5. The van der Waals surface area contributed by atoms with Gasteiger partial charge < -0.3 is 5.73 Å². The van der Waals surface area contributed by atoms with Crippen LogP contribution in [0, 0.1) is 5.82 Å². The summed E-state index contributed by atoms with van der Waals surface area (Å²) in [5.41, 5.74) is 5.02. The van der Waals surface area contributed by atoms with Crippen molar-refractivity contribution in [1.29, 1.82) is 0 Å². The molecule has 1 amide bonds. The molecule has 0 saturated carbocycles. The van der Waals surface area contributed by atoms with Crippen molar-refractivity contribution in [2.45, 2.75) is 30.1 Å². The SMILES string of the molecule is NC(=O)c1cn(C[C@@H]2C[C@H](F)CN2S(=O)(=O)c2ccc(F)cc2)nn1. The quantitative estimate of drug-likeness (QED) is 0.814. The fourth-order valence-electron chi connectivity index (χ4n) is 2.75. The second-order valence-corrected chi connectivity index (χ2v) is 7.60. The number of hydrogen-bond acceptors (Lipinski definition) is 5. The van der Waals surface area contributed by atoms with E-state index in [2.05, 4.69) is 10.3 Å². The Morgan fingerprint density at radius 3 is 2.60 bits per heavy atom. The highest BCUT2D eigenvalue weighted by Gasteiger charge is 2.40. The van der Waals surface area contributed by atoms with E-state index in [4.69, 9.17) is 5.73 Å². The van der Waals surface area contributed by atoms with Gasteiger partial charge in [-0.2, -0.15) is 4.31 Å². The zero-order chi connectivity index (χ0) is 18.2. The molecule has 1 saturated heterocycles. The molecule has 2 N–H and O–H groups in total. The molecule has 1 aromatic heterocycles. The lowest BCUT2D eigenvalue weighted by Gasteiger charge is -2.23. The number of amides is 1. The molecule has 1 fully saturated rings. The van der Waals surface area contributed by atoms with E-state index in [-0.39, 0.29) is 30.1 Å². The monoisotopic (exact) mass is 371 g/mol. The van der Waals surface area contributed by atoms with Crippen molar-refractivity contribution in [3.63, 3.8) is 0 Å². The molecule has 1 aliphatic rings. The van der Waals surface area contributed by atoms with Crippen LogP contribution in [-0.2, 0) is 16.6 Å². The van der Waals surface area contributed by atoms with Gasteiger partial charge in [0.05, 0.1) is 17.6 Å². The second-order valence-electron chi connectivity index (χ2n) is 5.71. The molecule has 25 heavy (non-hydrogen) atoms. The summed E-state index contributed by atoms with van der Waals surface area (Å²) in [6, 6.07) is 3.61. The Hall–Kier alpha value is -2.40. The highest BCUT2D eigenvalue weighted by molar-refractivity contribution is 7.89. The first kappa shape index (κ1) is 17.4. The van der Waals surface area contributed by atoms with Gasteiger partial charge in [0.25, 0.3) is 5.91 Å². The van der Waals surface area contributed by atoms with Crippen molar-refractivity contribution in [3.05, 3.63) is 42.0 Å². The van der Waals surface area contributed by atoms with Gasteiger partial charge in [-0.15, -0.1) is 5.10 Å². The number of sulfonamides is 1. The van der Waals surface area contributed by atoms with Crippen LogP contribution in [0.2, 0.25) is 0 Å². The van der Waals surface area contributed by atoms with Crippen LogP contribution in [0.1, 0.15) is 16.9 Å². The van der Waals surface area contributed by atoms with Crippen LogP contribution in [0.4, 0.5) is 8.78 Å². The molecule has 1 aliphatic heterocycles. The van der Waals surface area contributed by atoms with E-state index in [1.165, 1.54) is 10.9 Å². The van der Waals surface area contributed by atoms with E-state index in [0.717, 1.165) is 28.6 Å². The van der Waals surface area contributed by atoms with Crippen molar-refractivity contribution < 1.29 is 22.0 Å². The van der Waals surface area contributed by atoms with Crippen molar-refractivity contribution in [3.8, 4) is 0 Å². The van der Waals surface area contributed by atoms with Gasteiger partial charge in [-0.1, -0.05) is 5.21 Å². The number of aromatic nitrogens is 3. The Labute approximate surface area is 142 Å². The van der Waals surface area contributed by atoms with Gasteiger partial charge in [0, 0.05) is 12.6 Å². The highest BCUT2D eigenvalue weighted by atomic mass is 32.2. The van der Waals surface area contributed by atoms with Crippen molar-refractivity contribution in [2.24, 2.45) is 5.73 Å². The Bertz CT molecular complexity index is 884. The Morgan fingerprint density at radius 2 is 2.00 bits per heavy atom. The topological polar surface area (TPSA) is 111 Å². The van der Waals surface area contributed by atoms with Gasteiger partial charge in [-0.05, 0) is 30.7 Å². The summed E-state index contributed by atoms with van der Waals surface area (Å²) < 4.78 is 54.6. The first-order valence-electron chi connectivity index (χ1n) is 7.39. The first-order valence-corrected chi connectivity index (χ1v) is 8.83. The molecular weight excluding hydrogens is 356 g/mol. The molecule has 0 bridgehead atoms. The third-order valence-corrected chi connectivity index (χ3v) is 5.85. The minimum Gasteiger partial charge on any atom is -0.364 e. The summed E-state index contributed by atoms with van der Waals surface area (Å²) in [5, 5.41) is 7.27. The zero-order valence-corrected chi connectivity index (χ0v) is 13.7. The van der Waals surface area contributed by atoms with E-state index in [9.17, 15) is 22.0 Å². The van der Waals surface area contributed by atoms with Gasteiger partial charge in [-0.25, -0.2) is 17.2 Å². The van der Waals surface area contributed by atoms with E-state index < -0.39 is 34.0 Å². The molecule has 2 heterocycles. The maximum atomic E-state index is 13.9. The maximum Gasteiger partial charge on any atom is 0.270 e. The molecule has 2 aromatic rings. The first-order chi connectivity index (χ1) is 11.8. The minimum absolute atomic E-state index is 0.0150. The fourth-order valence-corrected chi connectivity index (χ4v) is 4.40. The number of hydrogen-bond donors (Lipinski definition) is 1. The molecule has 1 aromatic carbocycles. The van der Waals surface area contributed by atoms with Crippen LogP contribution in [-0.4, -0.2) is 52.4 Å². The summed E-state index contributed by atoms with van der Waals surface area (Å²) in [6.07, 6.45) is -0.0812. The number of halogens is 2. The predicted molar refractivity (Wildman–Crippen MR) is 82.1 cm³/mol. The number of carbonyl (C=O) groups is 1. The van der Waals surface area contributed by atoms with Gasteiger partial charge in [0.2, 0.25) is 10.0 Å². The third-order valence-electron chi connectivity index (χ3n) is 3.92. The minimum atomic E-state index is -3.99. The largest absolute Gasteiger partial charge is 0.364 e. The molecule has 8 nitrogen and oxygen atoms in total. The summed E-state index contributed by atoms with van der Waals surface area (Å²) >= 11 is 0. The molecular formula is C14H15F2N5O3S. The number of nitrogens with two attached hydrogens (primary N) is 1. The summed E-state index contributed by atoms with van der Waals surface area (Å²) in [7, 11) is -3.99. The van der Waals surface area contributed by atoms with Crippen LogP contribution in [0.5, 0.6) is 0 Å². The zero-order valence-electron chi connectivity index (χ0n) is 12.9. The van der Waals surface area contributed by atoms with Crippen molar-refractivity contribution in [2.75, 3.05) is 6.54 Å². The second kappa shape index (κ2) is 6.48. The summed E-state index contributed by atoms with van der Waals surface area (Å²) in [5.74, 6) is -1.33. The third kappa shape index (κ3) is 3.51. The van der Waals surface area contributed by atoms with E-state index in [1.54, 1.807) is 0 Å². The maximum absolute atomic E-state index is 13.9. The molecule has 134 valence electrons. The van der Waals surface area contributed by atoms with Crippen LogP contribution < -0.4 is 5.73 Å². The lowest BCUT2D eigenvalue weighted by molar-refractivity contribution is 0.0995. The molecule has 0 aliphatic carbocycles. The predicted octanol–water partition coefficient (Wildman–Crippen LogP) is 0.317. The van der Waals surface area contributed by atoms with Gasteiger partial charge >= 0.3 is 0 Å². The number of alkyl halides is 1. The standard InChI is InChI=1S/C14H15F2N5O3S/c15-9-1-3-12(4-2-9)25(23,24)21-6-10(16)5-11(21)7-20-8-13(14(17)22)18-19-20/h1-4,8,10-11H,5-7H2,(H2,17,22)/t10-,11-/m0/s1. The van der Waals surface area contributed by atoms with E-state index >= 15 is 0 Å². The number of carbonyl (C=O) groups excluding carboxylic acids is 1.